The molecule has 0 aliphatic heterocycles. The number of halogens is 2. The Morgan fingerprint density at radius 3 is 2.58 bits per heavy atom. The third-order valence-corrected chi connectivity index (χ3v) is 3.50. The molecule has 0 saturated carbocycles. The lowest BCUT2D eigenvalue weighted by Gasteiger charge is -2.11. The summed E-state index contributed by atoms with van der Waals surface area (Å²) in [4.78, 5) is 8.82. The summed E-state index contributed by atoms with van der Waals surface area (Å²) < 4.78 is 0. The normalized spacial score (nSPS) is 10.8. The molecule has 0 fully saturated rings. The number of anilines is 1. The smallest absolute Gasteiger partial charge is 0.163 e. The fraction of sp³-hybridized carbons (Fsp3) is 0.231. The van der Waals surface area contributed by atoms with Crippen LogP contribution in [0.1, 0.15) is 25.5 Å². The molecular formula is C13H14Cl2N4. The van der Waals surface area contributed by atoms with Crippen molar-refractivity contribution in [1.82, 2.24) is 9.97 Å². The molecule has 2 aromatic rings. The molecule has 0 spiro atoms. The Hall–Kier alpha value is -1.36. The third kappa shape index (κ3) is 2.97. The molecule has 6 heteroatoms. The molecule has 0 saturated heterocycles. The predicted molar refractivity (Wildman–Crippen MR) is 79.4 cm³/mol. The summed E-state index contributed by atoms with van der Waals surface area (Å²) >= 11 is 12.2. The van der Waals surface area contributed by atoms with Gasteiger partial charge in [0.05, 0.1) is 10.0 Å². The minimum absolute atomic E-state index is 0.256. The second-order valence-electron chi connectivity index (χ2n) is 4.40. The van der Waals surface area contributed by atoms with Gasteiger partial charge in [0, 0.05) is 17.3 Å². The molecular weight excluding hydrogens is 283 g/mol. The Labute approximate surface area is 121 Å². The number of nitrogen functional groups attached to an aromatic ring is 1. The van der Waals surface area contributed by atoms with Crippen LogP contribution in [0.15, 0.2) is 24.3 Å². The first-order chi connectivity index (χ1) is 9.02. The van der Waals surface area contributed by atoms with Crippen LogP contribution < -0.4 is 11.3 Å². The molecule has 0 aliphatic rings. The maximum Gasteiger partial charge on any atom is 0.163 e. The van der Waals surface area contributed by atoms with Gasteiger partial charge in [0.15, 0.2) is 5.82 Å². The zero-order valence-corrected chi connectivity index (χ0v) is 12.1. The van der Waals surface area contributed by atoms with Gasteiger partial charge in [-0.1, -0.05) is 43.1 Å². The highest BCUT2D eigenvalue weighted by atomic mass is 35.5. The zero-order chi connectivity index (χ0) is 14.0. The van der Waals surface area contributed by atoms with E-state index >= 15 is 0 Å². The highest BCUT2D eigenvalue weighted by Gasteiger charge is 2.13. The first kappa shape index (κ1) is 14.1. The lowest BCUT2D eigenvalue weighted by Crippen LogP contribution is -2.11. The number of nitrogens with two attached hydrogens (primary N) is 1. The average Bonchev–Trinajstić information content (AvgIpc) is 2.41. The quantitative estimate of drug-likeness (QED) is 0.667. The number of nitrogens with zero attached hydrogens (tertiary/aromatic N) is 2. The first-order valence-electron chi connectivity index (χ1n) is 5.83. The van der Waals surface area contributed by atoms with Crippen molar-refractivity contribution in [2.45, 2.75) is 19.8 Å². The van der Waals surface area contributed by atoms with Crippen LogP contribution in [0.4, 0.5) is 5.82 Å². The van der Waals surface area contributed by atoms with Crippen molar-refractivity contribution in [3.63, 3.8) is 0 Å². The molecule has 0 atom stereocenters. The summed E-state index contributed by atoms with van der Waals surface area (Å²) in [5.74, 6) is 6.74. The molecule has 0 amide bonds. The summed E-state index contributed by atoms with van der Waals surface area (Å²) in [7, 11) is 0. The Bertz CT molecular complexity index is 599. The lowest BCUT2D eigenvalue weighted by atomic mass is 10.1. The summed E-state index contributed by atoms with van der Waals surface area (Å²) in [6.07, 6.45) is 0. The van der Waals surface area contributed by atoms with E-state index in [2.05, 4.69) is 15.4 Å². The fourth-order valence-electron chi connectivity index (χ4n) is 1.63. The molecule has 19 heavy (non-hydrogen) atoms. The number of rotatable bonds is 3. The molecule has 0 radical (unpaired) electrons. The minimum Gasteiger partial charge on any atom is -0.308 e. The largest absolute Gasteiger partial charge is 0.308 e. The van der Waals surface area contributed by atoms with Gasteiger partial charge in [-0.15, -0.1) is 0 Å². The maximum absolute atomic E-state index is 6.19. The first-order valence-corrected chi connectivity index (χ1v) is 6.58. The molecule has 0 bridgehead atoms. The monoisotopic (exact) mass is 296 g/mol. The molecule has 0 aliphatic carbocycles. The lowest BCUT2D eigenvalue weighted by molar-refractivity contribution is 0.817. The second kappa shape index (κ2) is 5.74. The topological polar surface area (TPSA) is 63.8 Å². The third-order valence-electron chi connectivity index (χ3n) is 2.68. The van der Waals surface area contributed by atoms with Gasteiger partial charge in [-0.05, 0) is 18.1 Å². The molecule has 2 rings (SSSR count). The summed E-state index contributed by atoms with van der Waals surface area (Å²) in [5.41, 5.74) is 4.11. The molecule has 1 aromatic heterocycles. The Kier molecular flexibility index (Phi) is 4.24. The van der Waals surface area contributed by atoms with Gasteiger partial charge in [-0.3, -0.25) is 0 Å². The average molecular weight is 297 g/mol. The van der Waals surface area contributed by atoms with E-state index < -0.39 is 0 Å². The van der Waals surface area contributed by atoms with Gasteiger partial charge in [-0.2, -0.15) is 0 Å². The van der Waals surface area contributed by atoms with Gasteiger partial charge < -0.3 is 5.43 Å². The van der Waals surface area contributed by atoms with E-state index in [0.717, 1.165) is 5.69 Å². The van der Waals surface area contributed by atoms with Crippen LogP contribution in [0, 0.1) is 0 Å². The van der Waals surface area contributed by atoms with Gasteiger partial charge >= 0.3 is 0 Å². The molecule has 1 aromatic carbocycles. The standard InChI is InChI=1S/C13H14Cl2N4/c1-7(2)10-6-11(19-16)18-13(17-10)8-4-3-5-9(14)12(8)15/h3-7H,16H2,1-2H3,(H,17,18,19). The minimum atomic E-state index is 0.256. The van der Waals surface area contributed by atoms with E-state index in [1.165, 1.54) is 0 Å². The predicted octanol–water partition coefficient (Wildman–Crippen LogP) is 3.86. The highest BCUT2D eigenvalue weighted by Crippen LogP contribution is 2.32. The van der Waals surface area contributed by atoms with E-state index in [-0.39, 0.29) is 5.92 Å². The Morgan fingerprint density at radius 2 is 1.95 bits per heavy atom. The van der Waals surface area contributed by atoms with Crippen LogP contribution >= 0.6 is 23.2 Å². The van der Waals surface area contributed by atoms with Gasteiger partial charge in [0.2, 0.25) is 0 Å². The second-order valence-corrected chi connectivity index (χ2v) is 5.19. The molecule has 3 N–H and O–H groups in total. The van der Waals surface area contributed by atoms with Gasteiger partial charge in [0.1, 0.15) is 5.82 Å². The van der Waals surface area contributed by atoms with Crippen LogP contribution in [0.2, 0.25) is 10.0 Å². The van der Waals surface area contributed by atoms with Crippen LogP contribution in [0.25, 0.3) is 11.4 Å². The van der Waals surface area contributed by atoms with E-state index in [4.69, 9.17) is 29.0 Å². The number of hydrazine groups is 1. The van der Waals surface area contributed by atoms with Crippen LogP contribution in [-0.2, 0) is 0 Å². The van der Waals surface area contributed by atoms with Crippen molar-refractivity contribution in [2.24, 2.45) is 5.84 Å². The number of hydrogen-bond donors (Lipinski definition) is 2. The van der Waals surface area contributed by atoms with E-state index in [1.54, 1.807) is 6.07 Å². The zero-order valence-electron chi connectivity index (χ0n) is 10.6. The van der Waals surface area contributed by atoms with Crippen LogP contribution in [-0.4, -0.2) is 9.97 Å². The molecule has 1 heterocycles. The maximum atomic E-state index is 6.19. The molecule has 4 nitrogen and oxygen atoms in total. The fourth-order valence-corrected chi connectivity index (χ4v) is 2.02. The van der Waals surface area contributed by atoms with Crippen molar-refractivity contribution in [1.29, 1.82) is 0 Å². The van der Waals surface area contributed by atoms with E-state index in [9.17, 15) is 0 Å². The number of nitrogens with one attached hydrogen (secondary N) is 1. The number of aromatic nitrogens is 2. The Balaban J connectivity index is 2.61. The summed E-state index contributed by atoms with van der Waals surface area (Å²) in [5, 5.41) is 0.910. The van der Waals surface area contributed by atoms with Crippen molar-refractivity contribution in [3.8, 4) is 11.4 Å². The molecule has 100 valence electrons. The van der Waals surface area contributed by atoms with Crippen molar-refractivity contribution in [3.05, 3.63) is 40.0 Å². The molecule has 0 unspecified atom stereocenters. The van der Waals surface area contributed by atoms with Crippen molar-refractivity contribution in [2.75, 3.05) is 5.43 Å². The van der Waals surface area contributed by atoms with Gasteiger partial charge in [0.25, 0.3) is 0 Å². The highest BCUT2D eigenvalue weighted by molar-refractivity contribution is 6.43. The summed E-state index contributed by atoms with van der Waals surface area (Å²) in [6, 6.07) is 7.17. The van der Waals surface area contributed by atoms with Crippen LogP contribution in [0.5, 0.6) is 0 Å². The summed E-state index contributed by atoms with van der Waals surface area (Å²) in [6.45, 7) is 4.10. The van der Waals surface area contributed by atoms with E-state index in [1.807, 2.05) is 32.0 Å². The van der Waals surface area contributed by atoms with Crippen molar-refractivity contribution < 1.29 is 0 Å². The number of benzene rings is 1. The van der Waals surface area contributed by atoms with Gasteiger partial charge in [-0.25, -0.2) is 15.8 Å². The Morgan fingerprint density at radius 1 is 1.21 bits per heavy atom. The SMILES string of the molecule is CC(C)c1cc(NN)nc(-c2cccc(Cl)c2Cl)n1. The van der Waals surface area contributed by atoms with Crippen molar-refractivity contribution >= 4 is 29.0 Å². The number of hydrogen-bond acceptors (Lipinski definition) is 4. The van der Waals surface area contributed by atoms with Crippen LogP contribution in [0.3, 0.4) is 0 Å². The van der Waals surface area contributed by atoms with E-state index in [0.29, 0.717) is 27.3 Å².